The van der Waals surface area contributed by atoms with Gasteiger partial charge in [0.1, 0.15) is 5.82 Å². The lowest BCUT2D eigenvalue weighted by Crippen LogP contribution is -2.49. The molecule has 7 heteroatoms. The molecule has 2 aromatic heterocycles. The zero-order chi connectivity index (χ0) is 20.9. The van der Waals surface area contributed by atoms with E-state index in [-0.39, 0.29) is 0 Å². The summed E-state index contributed by atoms with van der Waals surface area (Å²) in [5.74, 6) is 2.50. The second kappa shape index (κ2) is 9.51. The molecule has 0 saturated carbocycles. The van der Waals surface area contributed by atoms with E-state index in [2.05, 4.69) is 37.7 Å². The minimum absolute atomic E-state index is 0.334. The van der Waals surface area contributed by atoms with Crippen LogP contribution in [-0.4, -0.2) is 76.5 Å². The number of hydrogen-bond donors (Lipinski definition) is 0. The molecule has 2 aliphatic heterocycles. The van der Waals surface area contributed by atoms with Crippen molar-refractivity contribution in [3.63, 3.8) is 0 Å². The van der Waals surface area contributed by atoms with Crippen LogP contribution in [0.25, 0.3) is 11.4 Å². The van der Waals surface area contributed by atoms with Crippen molar-refractivity contribution in [3.05, 3.63) is 36.3 Å². The summed E-state index contributed by atoms with van der Waals surface area (Å²) in [7, 11) is 0. The Morgan fingerprint density at radius 1 is 1.10 bits per heavy atom. The molecule has 0 aliphatic carbocycles. The number of carbonyl (C=O) groups is 1. The molecule has 0 spiro atoms. The highest BCUT2D eigenvalue weighted by Gasteiger charge is 2.26. The van der Waals surface area contributed by atoms with E-state index in [1.807, 2.05) is 19.1 Å². The first-order chi connectivity index (χ1) is 14.6. The number of piperidine rings is 1. The molecule has 0 unspecified atom stereocenters. The highest BCUT2D eigenvalue weighted by molar-refractivity contribution is 5.76. The van der Waals surface area contributed by atoms with E-state index in [1.165, 1.54) is 0 Å². The molecule has 0 aromatic carbocycles. The second-order valence-corrected chi connectivity index (χ2v) is 8.38. The van der Waals surface area contributed by atoms with Crippen molar-refractivity contribution in [3.8, 4) is 11.4 Å². The number of carbonyl (C=O) groups excluding carboxylic acids is 1. The first kappa shape index (κ1) is 20.7. The summed E-state index contributed by atoms with van der Waals surface area (Å²) >= 11 is 0. The van der Waals surface area contributed by atoms with Gasteiger partial charge in [-0.15, -0.1) is 0 Å². The van der Waals surface area contributed by atoms with Gasteiger partial charge in [0, 0.05) is 75.4 Å². The van der Waals surface area contributed by atoms with Gasteiger partial charge in [0.05, 0.1) is 0 Å². The minimum Gasteiger partial charge on any atom is -0.356 e. The number of amides is 1. The van der Waals surface area contributed by atoms with E-state index in [1.54, 1.807) is 12.4 Å². The van der Waals surface area contributed by atoms with Gasteiger partial charge in [-0.25, -0.2) is 9.97 Å². The number of likely N-dealkylation sites (N-methyl/N-ethyl adjacent to an activating group) is 1. The smallest absolute Gasteiger partial charge is 0.222 e. The van der Waals surface area contributed by atoms with Crippen LogP contribution >= 0.6 is 0 Å². The van der Waals surface area contributed by atoms with E-state index in [9.17, 15) is 4.79 Å². The zero-order valence-corrected chi connectivity index (χ0v) is 18.1. The van der Waals surface area contributed by atoms with E-state index >= 15 is 0 Å². The third kappa shape index (κ3) is 4.95. The summed E-state index contributed by atoms with van der Waals surface area (Å²) in [6.45, 7) is 10.9. The first-order valence-electron chi connectivity index (χ1n) is 11.1. The lowest BCUT2D eigenvalue weighted by atomic mass is 9.93. The average Bonchev–Trinajstić information content (AvgIpc) is 2.80. The molecule has 4 heterocycles. The highest BCUT2D eigenvalue weighted by Crippen LogP contribution is 2.26. The Morgan fingerprint density at radius 3 is 2.53 bits per heavy atom. The van der Waals surface area contributed by atoms with Gasteiger partial charge < -0.3 is 14.7 Å². The number of nitrogens with zero attached hydrogens (tertiary/aromatic N) is 6. The Hall–Kier alpha value is -2.54. The molecule has 0 atom stereocenters. The zero-order valence-electron chi connectivity index (χ0n) is 18.1. The number of pyridine rings is 1. The fourth-order valence-electron chi connectivity index (χ4n) is 4.39. The van der Waals surface area contributed by atoms with Crippen LogP contribution in [0.5, 0.6) is 0 Å². The molecule has 30 heavy (non-hydrogen) atoms. The molecule has 0 radical (unpaired) electrons. The van der Waals surface area contributed by atoms with Crippen LogP contribution in [0, 0.1) is 12.8 Å². The predicted octanol–water partition coefficient (Wildman–Crippen LogP) is 2.62. The number of rotatable bonds is 5. The van der Waals surface area contributed by atoms with Gasteiger partial charge in [-0.05, 0) is 44.4 Å². The Balaban J connectivity index is 1.33. The van der Waals surface area contributed by atoms with Crippen LogP contribution in [0.15, 0.2) is 30.6 Å². The van der Waals surface area contributed by atoms with Crippen LogP contribution in [0.2, 0.25) is 0 Å². The summed E-state index contributed by atoms with van der Waals surface area (Å²) in [6.07, 6.45) is 6.31. The van der Waals surface area contributed by atoms with Crippen molar-refractivity contribution in [2.75, 3.05) is 50.7 Å². The first-order valence-corrected chi connectivity index (χ1v) is 11.1. The number of piperazine rings is 1. The standard InChI is InChI=1S/C23H32N6O/c1-3-27-11-13-29(14-12-27)22(30)16-19-6-9-28(10-7-19)21-15-18(2)25-23(26-21)20-5-4-8-24-17-20/h4-5,8,15,17,19H,3,6-7,9-14,16H2,1-2H3. The summed E-state index contributed by atoms with van der Waals surface area (Å²) in [6, 6.07) is 5.95. The maximum Gasteiger partial charge on any atom is 0.222 e. The van der Waals surface area contributed by atoms with Crippen LogP contribution in [-0.2, 0) is 4.79 Å². The topological polar surface area (TPSA) is 65.5 Å². The highest BCUT2D eigenvalue weighted by atomic mass is 16.2. The van der Waals surface area contributed by atoms with E-state index < -0.39 is 0 Å². The van der Waals surface area contributed by atoms with Crippen LogP contribution in [0.1, 0.15) is 31.9 Å². The third-order valence-electron chi connectivity index (χ3n) is 6.33. The Bertz CT molecular complexity index is 842. The normalized spacial score (nSPS) is 18.6. The van der Waals surface area contributed by atoms with Gasteiger partial charge in [-0.3, -0.25) is 9.78 Å². The maximum atomic E-state index is 12.7. The molecule has 2 aromatic rings. The van der Waals surface area contributed by atoms with Gasteiger partial charge in [-0.2, -0.15) is 0 Å². The molecular weight excluding hydrogens is 376 g/mol. The quantitative estimate of drug-likeness (QED) is 0.758. The largest absolute Gasteiger partial charge is 0.356 e. The number of aromatic nitrogens is 3. The molecule has 2 saturated heterocycles. The van der Waals surface area contributed by atoms with Gasteiger partial charge in [0.2, 0.25) is 5.91 Å². The molecule has 0 bridgehead atoms. The maximum absolute atomic E-state index is 12.7. The Kier molecular flexibility index (Phi) is 6.57. The van der Waals surface area contributed by atoms with Crippen molar-refractivity contribution in [1.29, 1.82) is 0 Å². The molecular formula is C23H32N6O. The molecule has 2 fully saturated rings. The van der Waals surface area contributed by atoms with E-state index in [0.717, 1.165) is 81.6 Å². The minimum atomic E-state index is 0.334. The molecule has 1 amide bonds. The predicted molar refractivity (Wildman–Crippen MR) is 118 cm³/mol. The summed E-state index contributed by atoms with van der Waals surface area (Å²) in [4.78, 5) is 33.1. The lowest BCUT2D eigenvalue weighted by Gasteiger charge is -2.36. The summed E-state index contributed by atoms with van der Waals surface area (Å²) in [5.41, 5.74) is 1.90. The second-order valence-electron chi connectivity index (χ2n) is 8.38. The van der Waals surface area contributed by atoms with Crippen molar-refractivity contribution in [1.82, 2.24) is 24.8 Å². The van der Waals surface area contributed by atoms with Gasteiger partial charge >= 0.3 is 0 Å². The number of aryl methyl sites for hydroxylation is 1. The fourth-order valence-corrected chi connectivity index (χ4v) is 4.39. The van der Waals surface area contributed by atoms with Crippen LogP contribution in [0.4, 0.5) is 5.82 Å². The lowest BCUT2D eigenvalue weighted by molar-refractivity contribution is -0.134. The van der Waals surface area contributed by atoms with Gasteiger partial charge in [0.15, 0.2) is 5.82 Å². The molecule has 7 nitrogen and oxygen atoms in total. The molecule has 2 aliphatic rings. The SMILES string of the molecule is CCN1CCN(C(=O)CC2CCN(c3cc(C)nc(-c4cccnc4)n3)CC2)CC1. The Morgan fingerprint density at radius 2 is 1.87 bits per heavy atom. The third-order valence-corrected chi connectivity index (χ3v) is 6.33. The molecule has 160 valence electrons. The number of anilines is 1. The van der Waals surface area contributed by atoms with Crippen molar-refractivity contribution >= 4 is 11.7 Å². The molecule has 0 N–H and O–H groups in total. The van der Waals surface area contributed by atoms with Gasteiger partial charge in [-0.1, -0.05) is 6.92 Å². The summed E-state index contributed by atoms with van der Waals surface area (Å²) in [5, 5.41) is 0. The van der Waals surface area contributed by atoms with Gasteiger partial charge in [0.25, 0.3) is 0 Å². The van der Waals surface area contributed by atoms with Crippen molar-refractivity contribution in [2.45, 2.75) is 33.1 Å². The molecule has 4 rings (SSSR count). The van der Waals surface area contributed by atoms with Crippen molar-refractivity contribution in [2.24, 2.45) is 5.92 Å². The average molecular weight is 409 g/mol. The van der Waals surface area contributed by atoms with Crippen molar-refractivity contribution < 1.29 is 4.79 Å². The van der Waals surface area contributed by atoms with Crippen LogP contribution < -0.4 is 4.90 Å². The van der Waals surface area contributed by atoms with E-state index in [4.69, 9.17) is 4.98 Å². The van der Waals surface area contributed by atoms with E-state index in [0.29, 0.717) is 18.2 Å². The number of hydrogen-bond acceptors (Lipinski definition) is 6. The Labute approximate surface area is 179 Å². The monoisotopic (exact) mass is 408 g/mol. The summed E-state index contributed by atoms with van der Waals surface area (Å²) < 4.78 is 0. The fraction of sp³-hybridized carbons (Fsp3) is 0.565. The van der Waals surface area contributed by atoms with Crippen LogP contribution in [0.3, 0.4) is 0 Å².